The Hall–Kier alpha value is -3.02. The smallest absolute Gasteiger partial charge is 0.323 e. The van der Waals surface area contributed by atoms with Crippen molar-refractivity contribution in [3.05, 3.63) is 64.1 Å². The lowest BCUT2D eigenvalue weighted by molar-refractivity contribution is -0.137. The third-order valence-electron chi connectivity index (χ3n) is 6.09. The van der Waals surface area contributed by atoms with Crippen molar-refractivity contribution in [3.63, 3.8) is 0 Å². The predicted octanol–water partition coefficient (Wildman–Crippen LogP) is 4.92. The van der Waals surface area contributed by atoms with Crippen molar-refractivity contribution in [3.8, 4) is 16.9 Å². The zero-order valence-corrected chi connectivity index (χ0v) is 21.8. The van der Waals surface area contributed by atoms with Crippen LogP contribution in [0, 0.1) is 17.6 Å². The largest absolute Gasteiger partial charge is 0.486 e. The van der Waals surface area contributed by atoms with Crippen molar-refractivity contribution >= 4 is 35.0 Å². The number of benzene rings is 2. The van der Waals surface area contributed by atoms with Gasteiger partial charge in [-0.2, -0.15) is 0 Å². The van der Waals surface area contributed by atoms with Gasteiger partial charge in [0.1, 0.15) is 29.6 Å². The van der Waals surface area contributed by atoms with E-state index < -0.39 is 23.5 Å². The molecule has 2 N–H and O–H groups in total. The van der Waals surface area contributed by atoms with Crippen LogP contribution in [-0.4, -0.2) is 59.3 Å². The number of thioether (sulfide) groups is 1. The first-order valence-electron chi connectivity index (χ1n) is 11.8. The monoisotopic (exact) mass is 547 g/mol. The summed E-state index contributed by atoms with van der Waals surface area (Å²) >= 11 is 2.60. The summed E-state index contributed by atoms with van der Waals surface area (Å²) < 4.78 is 33.2. The Morgan fingerprint density at radius 1 is 1.19 bits per heavy atom. The maximum Gasteiger partial charge on any atom is 0.323 e. The van der Waals surface area contributed by atoms with E-state index in [1.165, 1.54) is 40.1 Å². The number of thiazole rings is 1. The highest BCUT2D eigenvalue weighted by atomic mass is 32.2. The number of hydrogen-bond donors (Lipinski definition) is 2. The number of carboxylic acid groups (broad SMARTS) is 1. The number of aliphatic carboxylic acids is 1. The molecule has 11 heteroatoms. The second-order valence-electron chi connectivity index (χ2n) is 8.68. The number of ether oxygens (including phenoxy) is 1. The van der Waals surface area contributed by atoms with Crippen molar-refractivity contribution in [2.24, 2.45) is 5.92 Å². The summed E-state index contributed by atoms with van der Waals surface area (Å²) in [4.78, 5) is 30.7. The van der Waals surface area contributed by atoms with Gasteiger partial charge in [0.2, 0.25) is 0 Å². The average molecular weight is 548 g/mol. The van der Waals surface area contributed by atoms with Crippen molar-refractivity contribution in [1.82, 2.24) is 15.2 Å². The molecular formula is C26H27F2N3O4S2. The minimum atomic E-state index is -1.06. The van der Waals surface area contributed by atoms with Crippen molar-refractivity contribution in [2.75, 3.05) is 32.4 Å². The molecule has 196 valence electrons. The fraction of sp³-hybridized carbons (Fsp3) is 0.346. The van der Waals surface area contributed by atoms with E-state index in [1.54, 1.807) is 35.9 Å². The number of aromatic nitrogens is 1. The van der Waals surface area contributed by atoms with Crippen LogP contribution in [0.5, 0.6) is 5.75 Å². The maximum absolute atomic E-state index is 13.8. The molecule has 1 amide bonds. The summed E-state index contributed by atoms with van der Waals surface area (Å²) in [5, 5.41) is 14.8. The molecule has 2 heterocycles. The van der Waals surface area contributed by atoms with Crippen LogP contribution in [0.1, 0.15) is 28.3 Å². The van der Waals surface area contributed by atoms with Crippen LogP contribution in [0.2, 0.25) is 0 Å². The van der Waals surface area contributed by atoms with Gasteiger partial charge in [0.25, 0.3) is 5.91 Å². The first kappa shape index (κ1) is 27.0. The van der Waals surface area contributed by atoms with Gasteiger partial charge in [-0.3, -0.25) is 9.59 Å². The molecule has 0 saturated carbocycles. The third-order valence-corrected chi connectivity index (χ3v) is 7.69. The number of piperidine rings is 1. The number of rotatable bonds is 10. The fourth-order valence-electron chi connectivity index (χ4n) is 4.19. The summed E-state index contributed by atoms with van der Waals surface area (Å²) in [7, 11) is 0. The Labute approximate surface area is 221 Å². The molecule has 1 saturated heterocycles. The second kappa shape index (κ2) is 12.5. The molecule has 7 nitrogen and oxygen atoms in total. The molecule has 1 aromatic heterocycles. The van der Waals surface area contributed by atoms with Crippen LogP contribution in [-0.2, 0) is 11.4 Å². The average Bonchev–Trinajstić information content (AvgIpc) is 3.38. The summed E-state index contributed by atoms with van der Waals surface area (Å²) in [6.45, 7) is 1.87. The van der Waals surface area contributed by atoms with Gasteiger partial charge in [0.15, 0.2) is 11.6 Å². The minimum absolute atomic E-state index is 0.131. The zero-order valence-electron chi connectivity index (χ0n) is 20.2. The van der Waals surface area contributed by atoms with Gasteiger partial charge in [-0.25, -0.2) is 13.8 Å². The van der Waals surface area contributed by atoms with E-state index in [0.29, 0.717) is 27.8 Å². The molecule has 1 aliphatic rings. The third kappa shape index (κ3) is 7.06. The van der Waals surface area contributed by atoms with Crippen LogP contribution in [0.4, 0.5) is 8.78 Å². The van der Waals surface area contributed by atoms with Crippen molar-refractivity contribution in [2.45, 2.75) is 24.3 Å². The van der Waals surface area contributed by atoms with E-state index in [4.69, 9.17) is 4.74 Å². The Kier molecular flexibility index (Phi) is 9.12. The Balaban J connectivity index is 1.39. The molecular weight excluding hydrogens is 520 g/mol. The summed E-state index contributed by atoms with van der Waals surface area (Å²) in [6.07, 6.45) is 3.59. The first-order valence-corrected chi connectivity index (χ1v) is 13.9. The van der Waals surface area contributed by atoms with Crippen molar-refractivity contribution < 1.29 is 28.2 Å². The maximum atomic E-state index is 13.8. The quantitative estimate of drug-likeness (QED) is 0.348. The van der Waals surface area contributed by atoms with Gasteiger partial charge < -0.3 is 20.1 Å². The molecule has 1 aliphatic heterocycles. The van der Waals surface area contributed by atoms with E-state index in [0.717, 1.165) is 31.5 Å². The number of carbonyl (C=O) groups excluding carboxylic acids is 1. The number of amides is 1. The summed E-state index contributed by atoms with van der Waals surface area (Å²) in [5.74, 6) is -2.43. The molecule has 0 atom stereocenters. The van der Waals surface area contributed by atoms with E-state index >= 15 is 0 Å². The topological polar surface area (TPSA) is 91.8 Å². The number of halogens is 2. The molecule has 37 heavy (non-hydrogen) atoms. The highest BCUT2D eigenvalue weighted by Crippen LogP contribution is 2.33. The van der Waals surface area contributed by atoms with Gasteiger partial charge in [0.05, 0.1) is 0 Å². The van der Waals surface area contributed by atoms with Gasteiger partial charge in [-0.1, -0.05) is 12.1 Å². The molecule has 0 bridgehead atoms. The Bertz CT molecular complexity index is 1250. The van der Waals surface area contributed by atoms with Gasteiger partial charge >= 0.3 is 5.97 Å². The van der Waals surface area contributed by atoms with Crippen LogP contribution in [0.3, 0.4) is 0 Å². The van der Waals surface area contributed by atoms with Crippen molar-refractivity contribution in [1.29, 1.82) is 0 Å². The summed E-state index contributed by atoms with van der Waals surface area (Å²) in [5.41, 5.74) is 1.53. The highest BCUT2D eigenvalue weighted by Gasteiger charge is 2.25. The number of carboxylic acids is 1. The summed E-state index contributed by atoms with van der Waals surface area (Å²) in [6, 6.07) is 9.36. The molecule has 2 aromatic carbocycles. The molecule has 0 aliphatic carbocycles. The number of nitrogens with one attached hydrogen (secondary N) is 1. The number of carbonyl (C=O) groups is 2. The first-order chi connectivity index (χ1) is 17.8. The zero-order chi connectivity index (χ0) is 26.4. The molecule has 1 fully saturated rings. The number of hydrogen-bond acceptors (Lipinski definition) is 7. The molecule has 0 unspecified atom stereocenters. The molecule has 0 radical (unpaired) electrons. The Morgan fingerprint density at radius 3 is 2.57 bits per heavy atom. The van der Waals surface area contributed by atoms with E-state index in [9.17, 15) is 23.5 Å². The molecule has 0 spiro atoms. The number of nitrogens with zero attached hydrogens (tertiary/aromatic N) is 2. The second-order valence-corrected chi connectivity index (χ2v) is 10.5. The van der Waals surface area contributed by atoms with Crippen LogP contribution < -0.4 is 10.1 Å². The van der Waals surface area contributed by atoms with E-state index in [-0.39, 0.29) is 24.8 Å². The van der Waals surface area contributed by atoms with Gasteiger partial charge in [0, 0.05) is 16.8 Å². The van der Waals surface area contributed by atoms with Gasteiger partial charge in [-0.05, 0) is 73.5 Å². The van der Waals surface area contributed by atoms with Crippen LogP contribution in [0.15, 0.2) is 46.7 Å². The normalized spacial score (nSPS) is 13.9. The standard InChI is InChI=1S/C26H27F2N3O4S2/c1-36-23-11-21(28)20(27)10-19(23)17-2-4-18(5-3-17)35-14-24-30-22(15-37-24)26(34)31(13-25(32)33)12-16-6-8-29-9-7-16/h2-5,10-11,15-16,29H,6-9,12-14H2,1H3,(H,32,33). The molecule has 4 rings (SSSR count). The lowest BCUT2D eigenvalue weighted by Crippen LogP contribution is -2.42. The predicted molar refractivity (Wildman–Crippen MR) is 139 cm³/mol. The minimum Gasteiger partial charge on any atom is -0.486 e. The molecule has 3 aromatic rings. The SMILES string of the molecule is CSc1cc(F)c(F)cc1-c1ccc(OCc2nc(C(=O)N(CC(=O)O)CC3CCNCC3)cs2)cc1. The highest BCUT2D eigenvalue weighted by molar-refractivity contribution is 7.98. The van der Waals surface area contributed by atoms with E-state index in [2.05, 4.69) is 10.3 Å². The fourth-order valence-corrected chi connectivity index (χ4v) is 5.49. The van der Waals surface area contributed by atoms with Gasteiger partial charge in [-0.15, -0.1) is 23.1 Å². The van der Waals surface area contributed by atoms with Crippen LogP contribution >= 0.6 is 23.1 Å². The lowest BCUT2D eigenvalue weighted by atomic mass is 9.97. The Morgan fingerprint density at radius 2 is 1.89 bits per heavy atom. The lowest BCUT2D eigenvalue weighted by Gasteiger charge is -2.28. The van der Waals surface area contributed by atoms with Crippen LogP contribution in [0.25, 0.3) is 11.1 Å². The van der Waals surface area contributed by atoms with E-state index in [1.807, 2.05) is 0 Å².